The van der Waals surface area contributed by atoms with Gasteiger partial charge in [0.05, 0.1) is 27.6 Å². The van der Waals surface area contributed by atoms with Gasteiger partial charge in [-0.3, -0.25) is 4.79 Å². The molecule has 0 spiro atoms. The Labute approximate surface area is 337 Å². The van der Waals surface area contributed by atoms with Crippen molar-refractivity contribution in [1.29, 1.82) is 0 Å². The van der Waals surface area contributed by atoms with Gasteiger partial charge < -0.3 is 9.13 Å². The Morgan fingerprint density at radius 2 is 0.712 bits per heavy atom. The highest BCUT2D eigenvalue weighted by molar-refractivity contribution is 6.35. The third-order valence-corrected chi connectivity index (χ3v) is 11.5. The fraction of sp³-hybridized carbons (Fsp3) is 0. The predicted molar refractivity (Wildman–Crippen MR) is 240 cm³/mol. The zero-order valence-corrected chi connectivity index (χ0v) is 31.6. The van der Waals surface area contributed by atoms with Crippen LogP contribution < -0.4 is 5.56 Å². The van der Waals surface area contributed by atoms with Crippen LogP contribution in [-0.4, -0.2) is 28.7 Å². The summed E-state index contributed by atoms with van der Waals surface area (Å²) in [5, 5.41) is 6.64. The van der Waals surface area contributed by atoms with E-state index in [1.807, 2.05) is 78.9 Å². The maximum atomic E-state index is 15.6. The van der Waals surface area contributed by atoms with E-state index in [2.05, 4.69) is 124 Å². The largest absolute Gasteiger partial charge is 0.309 e. The van der Waals surface area contributed by atoms with Crippen LogP contribution in [0.3, 0.4) is 0 Å². The van der Waals surface area contributed by atoms with Gasteiger partial charge in [-0.05, 0) is 60.7 Å². The molecule has 0 aliphatic carbocycles. The SMILES string of the molecule is O=c1c2ccc3c(c4ccccc4n3-c3ccccc3)c2c2c3c4ccccc4n(-c4ccccc4)c3ccc2n1-c1nc(-c2ccccc2)nc(-c2ccccc2)n1. The Kier molecular flexibility index (Phi) is 7.24. The molecule has 0 N–H and O–H groups in total. The fourth-order valence-corrected chi connectivity index (χ4v) is 9.02. The summed E-state index contributed by atoms with van der Waals surface area (Å²) in [6, 6.07) is 66.0. The summed E-state index contributed by atoms with van der Waals surface area (Å²) in [6.07, 6.45) is 0. The summed E-state index contributed by atoms with van der Waals surface area (Å²) in [5.41, 5.74) is 8.45. The smallest absolute Gasteiger partial charge is 0.265 e. The molecular weight excluding hydrogens is 725 g/mol. The van der Waals surface area contributed by atoms with Crippen LogP contribution in [0.1, 0.15) is 0 Å². The van der Waals surface area contributed by atoms with E-state index in [9.17, 15) is 0 Å². The van der Waals surface area contributed by atoms with Crippen molar-refractivity contribution in [2.45, 2.75) is 0 Å². The van der Waals surface area contributed by atoms with Gasteiger partial charge in [0.1, 0.15) is 0 Å². The summed E-state index contributed by atoms with van der Waals surface area (Å²) in [5.74, 6) is 1.23. The average Bonchev–Trinajstić information content (AvgIpc) is 3.83. The van der Waals surface area contributed by atoms with E-state index < -0.39 is 0 Å². The van der Waals surface area contributed by atoms with Crippen LogP contribution in [0.15, 0.2) is 199 Å². The molecule has 0 unspecified atom stereocenters. The molecule has 0 atom stereocenters. The van der Waals surface area contributed by atoms with E-state index in [-0.39, 0.29) is 11.5 Å². The lowest BCUT2D eigenvalue weighted by Gasteiger charge is -2.16. The minimum Gasteiger partial charge on any atom is -0.309 e. The van der Waals surface area contributed by atoms with Crippen LogP contribution in [0.2, 0.25) is 0 Å². The first-order valence-electron chi connectivity index (χ1n) is 19.7. The molecular formula is C52H32N6O. The van der Waals surface area contributed by atoms with Crippen molar-refractivity contribution >= 4 is 65.3 Å². The van der Waals surface area contributed by atoms with Crippen LogP contribution in [0.25, 0.3) is 105 Å². The van der Waals surface area contributed by atoms with Crippen molar-refractivity contribution in [2.24, 2.45) is 0 Å². The Morgan fingerprint density at radius 1 is 0.305 bits per heavy atom. The van der Waals surface area contributed by atoms with Gasteiger partial charge in [0, 0.05) is 60.2 Å². The molecule has 4 aromatic heterocycles. The Morgan fingerprint density at radius 3 is 1.22 bits per heavy atom. The van der Waals surface area contributed by atoms with E-state index in [4.69, 9.17) is 15.0 Å². The van der Waals surface area contributed by atoms with Crippen molar-refractivity contribution in [3.8, 4) is 40.1 Å². The molecule has 0 aliphatic rings. The maximum absolute atomic E-state index is 15.6. The van der Waals surface area contributed by atoms with Crippen molar-refractivity contribution in [3.63, 3.8) is 0 Å². The molecule has 12 rings (SSSR count). The molecule has 0 amide bonds. The third kappa shape index (κ3) is 4.95. The van der Waals surface area contributed by atoms with Gasteiger partial charge in [-0.15, -0.1) is 0 Å². The summed E-state index contributed by atoms with van der Waals surface area (Å²) < 4.78 is 6.33. The lowest BCUT2D eigenvalue weighted by Crippen LogP contribution is -2.22. The van der Waals surface area contributed by atoms with E-state index >= 15 is 4.79 Å². The van der Waals surface area contributed by atoms with Crippen LogP contribution >= 0.6 is 0 Å². The van der Waals surface area contributed by atoms with Crippen molar-refractivity contribution in [2.75, 3.05) is 0 Å². The number of pyridine rings is 1. The van der Waals surface area contributed by atoms with Gasteiger partial charge >= 0.3 is 0 Å². The second-order valence-corrected chi connectivity index (χ2v) is 14.8. The zero-order valence-electron chi connectivity index (χ0n) is 31.6. The lowest BCUT2D eigenvalue weighted by atomic mass is 9.96. The van der Waals surface area contributed by atoms with Crippen molar-refractivity contribution < 1.29 is 0 Å². The van der Waals surface area contributed by atoms with E-state index in [1.54, 1.807) is 4.57 Å². The lowest BCUT2D eigenvalue weighted by molar-refractivity contribution is 0.907. The summed E-state index contributed by atoms with van der Waals surface area (Å²) in [4.78, 5) is 30.7. The molecule has 0 saturated heterocycles. The second kappa shape index (κ2) is 12.9. The molecule has 0 saturated carbocycles. The highest BCUT2D eigenvalue weighted by atomic mass is 16.1. The number of fused-ring (bicyclic) bond motifs is 11. The number of hydrogen-bond acceptors (Lipinski definition) is 4. The van der Waals surface area contributed by atoms with Gasteiger partial charge in [-0.1, -0.05) is 133 Å². The van der Waals surface area contributed by atoms with Crippen molar-refractivity contribution in [1.82, 2.24) is 28.7 Å². The zero-order chi connectivity index (χ0) is 39.0. The van der Waals surface area contributed by atoms with Crippen LogP contribution in [0.4, 0.5) is 0 Å². The first-order valence-corrected chi connectivity index (χ1v) is 19.7. The van der Waals surface area contributed by atoms with Gasteiger partial charge in [0.15, 0.2) is 11.6 Å². The van der Waals surface area contributed by atoms with Gasteiger partial charge in [-0.25, -0.2) is 9.55 Å². The van der Waals surface area contributed by atoms with Crippen LogP contribution in [-0.2, 0) is 0 Å². The number of hydrogen-bond donors (Lipinski definition) is 0. The van der Waals surface area contributed by atoms with E-state index in [1.165, 1.54) is 0 Å². The number of nitrogens with zero attached hydrogens (tertiary/aromatic N) is 6. The number of rotatable bonds is 5. The van der Waals surface area contributed by atoms with E-state index in [0.29, 0.717) is 22.6 Å². The minimum atomic E-state index is -0.207. The molecule has 0 radical (unpaired) electrons. The van der Waals surface area contributed by atoms with E-state index in [0.717, 1.165) is 76.9 Å². The first-order chi connectivity index (χ1) is 29.2. The quantitative estimate of drug-likeness (QED) is 0.164. The molecule has 12 aromatic rings. The highest BCUT2D eigenvalue weighted by Crippen LogP contribution is 2.44. The minimum absolute atomic E-state index is 0.207. The fourth-order valence-electron chi connectivity index (χ4n) is 9.02. The molecule has 7 nitrogen and oxygen atoms in total. The standard InChI is InChI=1S/C52H32N6O/c59-51-39-29-30-42-45(37-25-13-15-27-40(37)56(42)35-21-9-3-10-22-35)47(39)48-44(32-31-43-46(48)38-26-14-16-28-41(38)57(43)36-23-11-4-12-24-36)58(51)52-54-49(33-17-5-1-6-18-33)53-50(55-52)34-19-7-2-8-20-34/h1-32H. The summed E-state index contributed by atoms with van der Waals surface area (Å²) >= 11 is 0. The first kappa shape index (κ1) is 33.0. The molecule has 8 aromatic carbocycles. The Bertz CT molecular complexity index is 3610. The second-order valence-electron chi connectivity index (χ2n) is 14.8. The molecule has 276 valence electrons. The molecule has 4 heterocycles. The van der Waals surface area contributed by atoms with Gasteiger partial charge in [-0.2, -0.15) is 9.97 Å². The van der Waals surface area contributed by atoms with Crippen LogP contribution in [0.5, 0.6) is 0 Å². The predicted octanol–water partition coefficient (Wildman–Crippen LogP) is 11.9. The van der Waals surface area contributed by atoms with Crippen LogP contribution in [0, 0.1) is 0 Å². The van der Waals surface area contributed by atoms with Gasteiger partial charge in [0.2, 0.25) is 5.95 Å². The highest BCUT2D eigenvalue weighted by Gasteiger charge is 2.25. The maximum Gasteiger partial charge on any atom is 0.265 e. The molecule has 7 heteroatoms. The number of para-hydroxylation sites is 4. The number of benzene rings is 8. The normalized spacial score (nSPS) is 11.8. The third-order valence-electron chi connectivity index (χ3n) is 11.5. The summed E-state index contributed by atoms with van der Waals surface area (Å²) in [6.45, 7) is 0. The Hall–Kier alpha value is -8.16. The Balaban J connectivity index is 1.32. The summed E-state index contributed by atoms with van der Waals surface area (Å²) in [7, 11) is 0. The molecule has 0 bridgehead atoms. The van der Waals surface area contributed by atoms with Gasteiger partial charge in [0.25, 0.3) is 5.56 Å². The molecule has 0 aliphatic heterocycles. The molecule has 59 heavy (non-hydrogen) atoms. The van der Waals surface area contributed by atoms with Crippen molar-refractivity contribution in [3.05, 3.63) is 204 Å². The topological polar surface area (TPSA) is 70.5 Å². The number of aromatic nitrogens is 6. The average molecular weight is 757 g/mol. The monoisotopic (exact) mass is 756 g/mol. The molecule has 0 fully saturated rings.